The lowest BCUT2D eigenvalue weighted by Gasteiger charge is -2.27. The summed E-state index contributed by atoms with van der Waals surface area (Å²) in [5.74, 6) is 0.700. The summed E-state index contributed by atoms with van der Waals surface area (Å²) >= 11 is 0. The fraction of sp³-hybridized carbons (Fsp3) is 0.350. The number of hydrogen-bond donors (Lipinski definition) is 3. The number of carbonyl (C=O) groups excluding carboxylic acids is 1. The topological polar surface area (TPSA) is 96.7 Å². The number of aromatic nitrogens is 3. The highest BCUT2D eigenvalue weighted by molar-refractivity contribution is 6.18. The lowest BCUT2D eigenvalue weighted by Crippen LogP contribution is -2.33. The Hall–Kier alpha value is -2.73. The number of aryl methyl sites for hydroxylation is 1. The zero-order valence-corrected chi connectivity index (χ0v) is 14.8. The Morgan fingerprint density at radius 1 is 1.15 bits per heavy atom. The van der Waals surface area contributed by atoms with E-state index in [1.165, 1.54) is 6.33 Å². The quantitative estimate of drug-likeness (QED) is 0.629. The van der Waals surface area contributed by atoms with Gasteiger partial charge in [-0.15, -0.1) is 0 Å². The van der Waals surface area contributed by atoms with Crippen LogP contribution < -0.4 is 11.1 Å². The van der Waals surface area contributed by atoms with E-state index in [-0.39, 0.29) is 5.78 Å². The van der Waals surface area contributed by atoms with Crippen LogP contribution in [0.5, 0.6) is 0 Å². The van der Waals surface area contributed by atoms with Gasteiger partial charge in [0.25, 0.3) is 0 Å². The monoisotopic (exact) mass is 349 g/mol. The first-order chi connectivity index (χ1) is 12.6. The zero-order valence-electron chi connectivity index (χ0n) is 14.8. The van der Waals surface area contributed by atoms with Crippen LogP contribution in [0.1, 0.15) is 47.2 Å². The Kier molecular flexibility index (Phi) is 4.42. The van der Waals surface area contributed by atoms with Gasteiger partial charge in [-0.25, -0.2) is 9.97 Å². The van der Waals surface area contributed by atoms with Crippen molar-refractivity contribution in [2.45, 2.75) is 44.7 Å². The van der Waals surface area contributed by atoms with Crippen molar-refractivity contribution < 1.29 is 4.79 Å². The molecule has 4 rings (SSSR count). The van der Waals surface area contributed by atoms with E-state index in [4.69, 9.17) is 5.73 Å². The van der Waals surface area contributed by atoms with Crippen LogP contribution >= 0.6 is 0 Å². The highest BCUT2D eigenvalue weighted by atomic mass is 16.1. The largest absolute Gasteiger partial charge is 0.367 e. The number of hydrogen-bond acceptors (Lipinski definition) is 5. The van der Waals surface area contributed by atoms with Crippen LogP contribution in [0.3, 0.4) is 0 Å². The van der Waals surface area contributed by atoms with Gasteiger partial charge in [0.05, 0.1) is 10.9 Å². The Balaban J connectivity index is 1.71. The number of fused-ring (bicyclic) bond motifs is 1. The van der Waals surface area contributed by atoms with Gasteiger partial charge in [0.15, 0.2) is 5.78 Å². The summed E-state index contributed by atoms with van der Waals surface area (Å²) in [5.41, 5.74) is 8.94. The summed E-state index contributed by atoms with van der Waals surface area (Å²) in [5, 5.41) is 4.27. The van der Waals surface area contributed by atoms with Crippen molar-refractivity contribution >= 4 is 22.6 Å². The molecule has 2 aromatic heterocycles. The van der Waals surface area contributed by atoms with Gasteiger partial charge >= 0.3 is 0 Å². The molecule has 1 aromatic carbocycles. The lowest BCUT2D eigenvalue weighted by molar-refractivity contribution is 0.103. The maximum atomic E-state index is 13.1. The molecule has 134 valence electrons. The highest BCUT2D eigenvalue weighted by Crippen LogP contribution is 2.29. The molecule has 3 aromatic rings. The summed E-state index contributed by atoms with van der Waals surface area (Å²) in [6.07, 6.45) is 7.30. The fourth-order valence-corrected chi connectivity index (χ4v) is 3.68. The third-order valence-corrected chi connectivity index (χ3v) is 5.22. The van der Waals surface area contributed by atoms with E-state index >= 15 is 0 Å². The fourth-order valence-electron chi connectivity index (χ4n) is 3.68. The lowest BCUT2D eigenvalue weighted by atomic mass is 9.91. The zero-order chi connectivity index (χ0) is 18.1. The Morgan fingerprint density at radius 2 is 1.92 bits per heavy atom. The second kappa shape index (κ2) is 6.88. The molecule has 0 saturated heterocycles. The molecular formula is C20H23N5O. The molecule has 0 radical (unpaired) electrons. The molecule has 4 N–H and O–H groups in total. The van der Waals surface area contributed by atoms with Crippen molar-refractivity contribution in [1.82, 2.24) is 15.0 Å². The third-order valence-electron chi connectivity index (χ3n) is 5.22. The molecular weight excluding hydrogens is 326 g/mol. The van der Waals surface area contributed by atoms with Gasteiger partial charge in [0.2, 0.25) is 0 Å². The van der Waals surface area contributed by atoms with Gasteiger partial charge in [0, 0.05) is 23.8 Å². The standard InChI is InChI=1S/C20H23N5O/c1-12-4-2-3-5-15(12)18(26)16-10-22-19-17(16)20(24-11-23-19)25-14-8-6-13(21)7-9-14/h2-5,10-11,13-14H,6-9,21H2,1H3,(H2,22,23,24,25)/t13-,14+. The first-order valence-electron chi connectivity index (χ1n) is 9.08. The SMILES string of the molecule is Cc1ccccc1C(=O)c1c[nH]c2ncnc(N[C@H]3CC[C@@H](N)CC3)c12. The molecule has 0 atom stereocenters. The molecule has 26 heavy (non-hydrogen) atoms. The first kappa shape index (κ1) is 16.7. The van der Waals surface area contributed by atoms with Crippen molar-refractivity contribution in [3.63, 3.8) is 0 Å². The van der Waals surface area contributed by atoms with Crippen molar-refractivity contribution in [3.8, 4) is 0 Å². The minimum absolute atomic E-state index is 0.0159. The van der Waals surface area contributed by atoms with E-state index in [2.05, 4.69) is 20.3 Å². The van der Waals surface area contributed by atoms with Gasteiger partial charge in [-0.3, -0.25) is 4.79 Å². The number of benzene rings is 1. The molecule has 1 saturated carbocycles. The van der Waals surface area contributed by atoms with Crippen LogP contribution in [0.4, 0.5) is 5.82 Å². The van der Waals surface area contributed by atoms with E-state index in [0.717, 1.165) is 36.6 Å². The van der Waals surface area contributed by atoms with Crippen LogP contribution in [-0.4, -0.2) is 32.8 Å². The predicted octanol–water partition coefficient (Wildman–Crippen LogP) is 3.18. The van der Waals surface area contributed by atoms with Gasteiger partial charge in [-0.1, -0.05) is 24.3 Å². The van der Waals surface area contributed by atoms with E-state index in [1.807, 2.05) is 31.2 Å². The van der Waals surface area contributed by atoms with Crippen molar-refractivity contribution in [1.29, 1.82) is 0 Å². The smallest absolute Gasteiger partial charge is 0.195 e. The molecule has 6 heteroatoms. The average Bonchev–Trinajstić information content (AvgIpc) is 3.09. The number of nitrogens with zero attached hydrogens (tertiary/aromatic N) is 2. The van der Waals surface area contributed by atoms with E-state index < -0.39 is 0 Å². The third kappa shape index (κ3) is 3.08. The highest BCUT2D eigenvalue weighted by Gasteiger charge is 2.23. The molecule has 2 heterocycles. The predicted molar refractivity (Wildman–Crippen MR) is 102 cm³/mol. The number of carbonyl (C=O) groups is 1. The molecule has 1 aliphatic carbocycles. The molecule has 0 bridgehead atoms. The van der Waals surface area contributed by atoms with Crippen molar-refractivity contribution in [3.05, 3.63) is 53.5 Å². The molecule has 6 nitrogen and oxygen atoms in total. The minimum Gasteiger partial charge on any atom is -0.367 e. The molecule has 0 spiro atoms. The Morgan fingerprint density at radius 3 is 2.69 bits per heavy atom. The Bertz CT molecular complexity index is 940. The minimum atomic E-state index is -0.0159. The van der Waals surface area contributed by atoms with Gasteiger partial charge in [-0.2, -0.15) is 0 Å². The number of anilines is 1. The average molecular weight is 349 g/mol. The van der Waals surface area contributed by atoms with Crippen LogP contribution in [0.25, 0.3) is 11.0 Å². The first-order valence-corrected chi connectivity index (χ1v) is 9.08. The molecule has 1 fully saturated rings. The van der Waals surface area contributed by atoms with E-state index in [1.54, 1.807) is 6.20 Å². The van der Waals surface area contributed by atoms with Crippen LogP contribution in [0.2, 0.25) is 0 Å². The Labute approximate surface area is 152 Å². The summed E-state index contributed by atoms with van der Waals surface area (Å²) < 4.78 is 0. The normalized spacial score (nSPS) is 20.2. The summed E-state index contributed by atoms with van der Waals surface area (Å²) in [6.45, 7) is 1.95. The number of ketones is 1. The second-order valence-corrected chi connectivity index (χ2v) is 7.05. The van der Waals surface area contributed by atoms with E-state index in [0.29, 0.717) is 34.7 Å². The maximum Gasteiger partial charge on any atom is 0.195 e. The van der Waals surface area contributed by atoms with Gasteiger partial charge < -0.3 is 16.0 Å². The number of nitrogens with two attached hydrogens (primary N) is 1. The summed E-state index contributed by atoms with van der Waals surface area (Å²) in [4.78, 5) is 24.9. The molecule has 1 aliphatic rings. The second-order valence-electron chi connectivity index (χ2n) is 7.05. The van der Waals surface area contributed by atoms with Crippen LogP contribution in [0.15, 0.2) is 36.8 Å². The van der Waals surface area contributed by atoms with Crippen molar-refractivity contribution in [2.75, 3.05) is 5.32 Å². The summed E-state index contributed by atoms with van der Waals surface area (Å²) in [7, 11) is 0. The van der Waals surface area contributed by atoms with Crippen LogP contribution in [0, 0.1) is 6.92 Å². The van der Waals surface area contributed by atoms with Gasteiger partial charge in [-0.05, 0) is 38.2 Å². The number of aromatic amines is 1. The molecule has 0 aliphatic heterocycles. The molecule has 0 amide bonds. The molecule has 0 unspecified atom stereocenters. The number of H-pyrrole nitrogens is 1. The number of rotatable bonds is 4. The van der Waals surface area contributed by atoms with E-state index in [9.17, 15) is 4.79 Å². The van der Waals surface area contributed by atoms with Crippen LogP contribution in [-0.2, 0) is 0 Å². The van der Waals surface area contributed by atoms with Crippen molar-refractivity contribution in [2.24, 2.45) is 5.73 Å². The summed E-state index contributed by atoms with van der Waals surface area (Å²) in [6, 6.07) is 8.24. The maximum absolute atomic E-state index is 13.1. The van der Waals surface area contributed by atoms with Gasteiger partial charge in [0.1, 0.15) is 17.8 Å². The number of nitrogens with one attached hydrogen (secondary N) is 2.